The Bertz CT molecular complexity index is 1290. The van der Waals surface area contributed by atoms with E-state index >= 15 is 0 Å². The molecule has 7 heteroatoms. The zero-order valence-electron chi connectivity index (χ0n) is 19.2. The Hall–Kier alpha value is -3.63. The summed E-state index contributed by atoms with van der Waals surface area (Å²) in [5.41, 5.74) is 4.89. The second kappa shape index (κ2) is 9.20. The Kier molecular flexibility index (Phi) is 6.08. The first kappa shape index (κ1) is 23.1. The first-order chi connectivity index (χ1) is 16.8. The van der Waals surface area contributed by atoms with Gasteiger partial charge in [0.05, 0.1) is 11.3 Å². The standard InChI is InChI=1S/C28H25F3N4/c1-2-19-13-24(16-32)33-26(14-19)21-5-10-27-22(15-21)18-34(17-20-3-4-20)11-12-35(27)25-8-6-23(7-9-25)28(29,30)31/h2,5-10,13-15,20H,1,3-4,11-12,17-18H2. The molecule has 0 N–H and O–H groups in total. The summed E-state index contributed by atoms with van der Waals surface area (Å²) >= 11 is 0. The van der Waals surface area contributed by atoms with Crippen molar-refractivity contribution in [2.45, 2.75) is 25.6 Å². The molecule has 3 aromatic rings. The second-order valence-corrected chi connectivity index (χ2v) is 9.21. The van der Waals surface area contributed by atoms with Crippen molar-refractivity contribution < 1.29 is 13.2 Å². The van der Waals surface area contributed by atoms with Crippen LogP contribution in [0, 0.1) is 17.2 Å². The molecule has 1 aliphatic heterocycles. The van der Waals surface area contributed by atoms with Crippen molar-refractivity contribution in [3.8, 4) is 17.3 Å². The fourth-order valence-electron chi connectivity index (χ4n) is 4.61. The molecule has 0 bridgehead atoms. The lowest BCUT2D eigenvalue weighted by Crippen LogP contribution is -2.30. The third-order valence-corrected chi connectivity index (χ3v) is 6.62. The van der Waals surface area contributed by atoms with Crippen molar-refractivity contribution in [1.82, 2.24) is 9.88 Å². The maximum Gasteiger partial charge on any atom is 0.416 e. The van der Waals surface area contributed by atoms with Crippen molar-refractivity contribution in [2.24, 2.45) is 5.92 Å². The number of anilines is 2. The van der Waals surface area contributed by atoms with E-state index < -0.39 is 11.7 Å². The molecule has 4 nitrogen and oxygen atoms in total. The van der Waals surface area contributed by atoms with E-state index in [1.165, 1.54) is 12.8 Å². The molecule has 5 rings (SSSR count). The molecule has 1 aromatic heterocycles. The number of benzene rings is 2. The quantitative estimate of drug-likeness (QED) is 0.416. The Morgan fingerprint density at radius 2 is 1.83 bits per heavy atom. The zero-order chi connectivity index (χ0) is 24.6. The van der Waals surface area contributed by atoms with Crippen LogP contribution in [-0.4, -0.2) is 29.5 Å². The van der Waals surface area contributed by atoms with Gasteiger partial charge in [-0.1, -0.05) is 18.7 Å². The van der Waals surface area contributed by atoms with Gasteiger partial charge in [0.1, 0.15) is 11.8 Å². The molecule has 0 radical (unpaired) electrons. The number of alkyl halides is 3. The monoisotopic (exact) mass is 474 g/mol. The summed E-state index contributed by atoms with van der Waals surface area (Å²) in [5, 5.41) is 9.38. The van der Waals surface area contributed by atoms with E-state index in [1.54, 1.807) is 24.3 Å². The first-order valence-electron chi connectivity index (χ1n) is 11.7. The molecule has 0 amide bonds. The highest BCUT2D eigenvalue weighted by Gasteiger charge is 2.31. The summed E-state index contributed by atoms with van der Waals surface area (Å²) in [6.45, 7) is 7.10. The number of fused-ring (bicyclic) bond motifs is 1. The van der Waals surface area contributed by atoms with E-state index in [-0.39, 0.29) is 0 Å². The Balaban J connectivity index is 1.54. The maximum atomic E-state index is 13.1. The lowest BCUT2D eigenvalue weighted by molar-refractivity contribution is -0.137. The normalized spacial score (nSPS) is 16.3. The van der Waals surface area contributed by atoms with Gasteiger partial charge in [-0.05, 0) is 78.4 Å². The minimum absolute atomic E-state index is 0.328. The minimum Gasteiger partial charge on any atom is -0.340 e. The molecule has 1 saturated carbocycles. The number of nitriles is 1. The van der Waals surface area contributed by atoms with Gasteiger partial charge in [0.2, 0.25) is 0 Å². The van der Waals surface area contributed by atoms with Crippen LogP contribution in [0.5, 0.6) is 0 Å². The van der Waals surface area contributed by atoms with Gasteiger partial charge in [0.25, 0.3) is 0 Å². The molecule has 2 aliphatic rings. The molecule has 0 saturated heterocycles. The van der Waals surface area contributed by atoms with Gasteiger partial charge in [-0.2, -0.15) is 18.4 Å². The maximum absolute atomic E-state index is 13.1. The van der Waals surface area contributed by atoms with Crippen LogP contribution in [0.1, 0.15) is 35.2 Å². The van der Waals surface area contributed by atoms with E-state index in [4.69, 9.17) is 0 Å². The summed E-state index contributed by atoms with van der Waals surface area (Å²) in [4.78, 5) is 9.01. The van der Waals surface area contributed by atoms with Crippen molar-refractivity contribution in [1.29, 1.82) is 5.26 Å². The van der Waals surface area contributed by atoms with E-state index in [0.29, 0.717) is 17.9 Å². The number of rotatable bonds is 5. The van der Waals surface area contributed by atoms with Crippen LogP contribution >= 0.6 is 0 Å². The van der Waals surface area contributed by atoms with Gasteiger partial charge >= 0.3 is 6.18 Å². The number of hydrogen-bond acceptors (Lipinski definition) is 4. The first-order valence-corrected chi connectivity index (χ1v) is 11.7. The summed E-state index contributed by atoms with van der Waals surface area (Å²) in [5.74, 6) is 0.725. The van der Waals surface area contributed by atoms with Crippen LogP contribution in [0.2, 0.25) is 0 Å². The van der Waals surface area contributed by atoms with Gasteiger partial charge in [-0.25, -0.2) is 4.98 Å². The molecular formula is C28H25F3N4. The number of hydrogen-bond donors (Lipinski definition) is 0. The van der Waals surface area contributed by atoms with Crippen molar-refractivity contribution in [3.63, 3.8) is 0 Å². The van der Waals surface area contributed by atoms with E-state index in [1.807, 2.05) is 18.2 Å². The summed E-state index contributed by atoms with van der Waals surface area (Å²) in [7, 11) is 0. The highest BCUT2D eigenvalue weighted by molar-refractivity contribution is 5.73. The largest absolute Gasteiger partial charge is 0.416 e. The molecule has 1 fully saturated rings. The van der Waals surface area contributed by atoms with Crippen LogP contribution in [-0.2, 0) is 12.7 Å². The van der Waals surface area contributed by atoms with E-state index in [2.05, 4.69) is 33.5 Å². The Morgan fingerprint density at radius 3 is 2.49 bits per heavy atom. The molecule has 0 spiro atoms. The number of nitrogens with zero attached hydrogens (tertiary/aromatic N) is 4. The molecule has 2 heterocycles. The molecule has 0 atom stereocenters. The average molecular weight is 475 g/mol. The fraction of sp³-hybridized carbons (Fsp3) is 0.286. The predicted molar refractivity (Wildman–Crippen MR) is 131 cm³/mol. The second-order valence-electron chi connectivity index (χ2n) is 9.21. The van der Waals surface area contributed by atoms with E-state index in [9.17, 15) is 18.4 Å². The predicted octanol–water partition coefficient (Wildman–Crippen LogP) is 6.65. The van der Waals surface area contributed by atoms with Crippen LogP contribution < -0.4 is 4.90 Å². The Morgan fingerprint density at radius 1 is 1.06 bits per heavy atom. The minimum atomic E-state index is -4.36. The highest BCUT2D eigenvalue weighted by Crippen LogP contribution is 2.38. The molecule has 0 unspecified atom stereocenters. The van der Waals surface area contributed by atoms with Gasteiger partial charge in [-0.3, -0.25) is 4.90 Å². The number of aromatic nitrogens is 1. The van der Waals surface area contributed by atoms with Crippen molar-refractivity contribution >= 4 is 17.5 Å². The topological polar surface area (TPSA) is 43.2 Å². The van der Waals surface area contributed by atoms with Crippen LogP contribution in [0.4, 0.5) is 24.5 Å². The van der Waals surface area contributed by atoms with Crippen molar-refractivity contribution in [3.05, 3.63) is 83.6 Å². The Labute approximate surface area is 202 Å². The third kappa shape index (κ3) is 5.08. The van der Waals surface area contributed by atoms with Crippen molar-refractivity contribution in [2.75, 3.05) is 24.5 Å². The summed E-state index contributed by atoms with van der Waals surface area (Å²) < 4.78 is 39.3. The van der Waals surface area contributed by atoms with Gasteiger partial charge in [0.15, 0.2) is 0 Å². The molecule has 1 aliphatic carbocycles. The van der Waals surface area contributed by atoms with Gasteiger partial charge < -0.3 is 4.90 Å². The van der Waals surface area contributed by atoms with Gasteiger partial charge in [-0.15, -0.1) is 0 Å². The lowest BCUT2D eigenvalue weighted by atomic mass is 10.0. The molecule has 178 valence electrons. The molecule has 35 heavy (non-hydrogen) atoms. The molecular weight excluding hydrogens is 449 g/mol. The smallest absolute Gasteiger partial charge is 0.340 e. The van der Waals surface area contributed by atoms with E-state index in [0.717, 1.165) is 65.8 Å². The van der Waals surface area contributed by atoms with Crippen LogP contribution in [0.15, 0.2) is 61.2 Å². The number of pyridine rings is 1. The summed E-state index contributed by atoms with van der Waals surface area (Å²) in [6, 6.07) is 17.2. The highest BCUT2D eigenvalue weighted by atomic mass is 19.4. The number of halogens is 3. The van der Waals surface area contributed by atoms with Crippen LogP contribution in [0.3, 0.4) is 0 Å². The van der Waals surface area contributed by atoms with Crippen LogP contribution in [0.25, 0.3) is 17.3 Å². The molecule has 2 aromatic carbocycles. The third-order valence-electron chi connectivity index (χ3n) is 6.62. The SMILES string of the molecule is C=Cc1cc(C#N)nc(-c2ccc3c(c2)CN(CC2CC2)CCN3c2ccc(C(F)(F)F)cc2)c1. The lowest BCUT2D eigenvalue weighted by Gasteiger charge is -2.26. The zero-order valence-corrected chi connectivity index (χ0v) is 19.2. The fourth-order valence-corrected chi connectivity index (χ4v) is 4.61. The van der Waals surface area contributed by atoms with Gasteiger partial charge in [0, 0.05) is 43.1 Å². The average Bonchev–Trinajstić information content (AvgIpc) is 3.69. The summed E-state index contributed by atoms with van der Waals surface area (Å²) in [6.07, 6.45) is -0.165.